The van der Waals surface area contributed by atoms with E-state index in [1.807, 2.05) is 43.5 Å². The Morgan fingerprint density at radius 1 is 1.12 bits per heavy atom. The van der Waals surface area contributed by atoms with E-state index < -0.39 is 6.04 Å². The summed E-state index contributed by atoms with van der Waals surface area (Å²) in [6.07, 6.45) is 7.59. The molecule has 1 aliphatic carbocycles. The smallest absolute Gasteiger partial charge is 0.241 e. The molecule has 1 heterocycles. The maximum atomic E-state index is 12.4. The number of anilines is 1. The fourth-order valence-electron chi connectivity index (χ4n) is 3.78. The van der Waals surface area contributed by atoms with Gasteiger partial charge in [0, 0.05) is 23.1 Å². The van der Waals surface area contributed by atoms with Gasteiger partial charge in [-0.3, -0.25) is 9.78 Å². The van der Waals surface area contributed by atoms with E-state index in [9.17, 15) is 4.79 Å². The van der Waals surface area contributed by atoms with Crippen molar-refractivity contribution in [3.05, 3.63) is 47.8 Å². The molecule has 1 aromatic heterocycles. The molecule has 1 aliphatic rings. The molecule has 4 nitrogen and oxygen atoms in total. The third-order valence-electron chi connectivity index (χ3n) is 5.25. The molecule has 0 unspecified atom stereocenters. The molecule has 25 heavy (non-hydrogen) atoms. The number of nitrogens with two attached hydrogens (primary N) is 1. The molecule has 3 N–H and O–H groups in total. The van der Waals surface area contributed by atoms with E-state index in [2.05, 4.69) is 17.2 Å². The number of hydrogen-bond acceptors (Lipinski definition) is 3. The van der Waals surface area contributed by atoms with Crippen molar-refractivity contribution in [3.8, 4) is 11.1 Å². The first-order valence-corrected chi connectivity index (χ1v) is 9.15. The standard InChI is InChI=1S/C21H27N3O/c1-14-12-13-23-15(2)19(14)16-8-10-18(11-9-16)24-21(25)20(22)17-6-4-3-5-7-17/h8-13,17,20H,3-7,22H2,1-2H3,(H,24,25)/t20-/m0/s1. The number of carbonyl (C=O) groups is 1. The quantitative estimate of drug-likeness (QED) is 0.878. The first-order chi connectivity index (χ1) is 12.1. The summed E-state index contributed by atoms with van der Waals surface area (Å²) >= 11 is 0. The van der Waals surface area contributed by atoms with Crippen molar-refractivity contribution < 1.29 is 4.79 Å². The number of aromatic nitrogens is 1. The van der Waals surface area contributed by atoms with Crippen LogP contribution in [0.5, 0.6) is 0 Å². The van der Waals surface area contributed by atoms with Crippen molar-refractivity contribution in [3.63, 3.8) is 0 Å². The zero-order valence-electron chi connectivity index (χ0n) is 15.1. The van der Waals surface area contributed by atoms with Crippen LogP contribution in [-0.2, 0) is 4.79 Å². The number of carbonyl (C=O) groups excluding carboxylic acids is 1. The third-order valence-corrected chi connectivity index (χ3v) is 5.25. The molecule has 1 amide bonds. The number of benzene rings is 1. The van der Waals surface area contributed by atoms with Crippen LogP contribution in [0.4, 0.5) is 5.69 Å². The fraction of sp³-hybridized carbons (Fsp3) is 0.429. The number of aryl methyl sites for hydroxylation is 2. The van der Waals surface area contributed by atoms with Gasteiger partial charge in [0.25, 0.3) is 0 Å². The van der Waals surface area contributed by atoms with Gasteiger partial charge in [0.2, 0.25) is 5.91 Å². The average molecular weight is 337 g/mol. The van der Waals surface area contributed by atoms with Gasteiger partial charge in [0.1, 0.15) is 0 Å². The predicted octanol–water partition coefficient (Wildman–Crippen LogP) is 4.21. The second kappa shape index (κ2) is 7.79. The largest absolute Gasteiger partial charge is 0.325 e. The molecule has 1 aromatic carbocycles. The molecular formula is C21H27N3O. The van der Waals surface area contributed by atoms with Crippen LogP contribution in [0.15, 0.2) is 36.5 Å². The molecule has 0 spiro atoms. The highest BCUT2D eigenvalue weighted by Crippen LogP contribution is 2.28. The van der Waals surface area contributed by atoms with E-state index in [0.29, 0.717) is 5.92 Å². The lowest BCUT2D eigenvalue weighted by Gasteiger charge is -2.26. The molecular weight excluding hydrogens is 310 g/mol. The Balaban J connectivity index is 1.69. The summed E-state index contributed by atoms with van der Waals surface area (Å²) in [5.74, 6) is 0.238. The van der Waals surface area contributed by atoms with Crippen LogP contribution < -0.4 is 11.1 Å². The van der Waals surface area contributed by atoms with Gasteiger partial charge in [-0.05, 0) is 61.9 Å². The maximum Gasteiger partial charge on any atom is 0.241 e. The highest BCUT2D eigenvalue weighted by atomic mass is 16.2. The van der Waals surface area contributed by atoms with Crippen LogP contribution in [0.1, 0.15) is 43.4 Å². The Hall–Kier alpha value is -2.20. The lowest BCUT2D eigenvalue weighted by Crippen LogP contribution is -2.42. The number of nitrogens with one attached hydrogen (secondary N) is 1. The Morgan fingerprint density at radius 3 is 2.44 bits per heavy atom. The van der Waals surface area contributed by atoms with Crippen molar-refractivity contribution in [2.24, 2.45) is 11.7 Å². The summed E-state index contributed by atoms with van der Waals surface area (Å²) in [7, 11) is 0. The zero-order valence-corrected chi connectivity index (χ0v) is 15.1. The second-order valence-corrected chi connectivity index (χ2v) is 7.08. The summed E-state index contributed by atoms with van der Waals surface area (Å²) in [4.78, 5) is 16.8. The van der Waals surface area contributed by atoms with Crippen LogP contribution in [-0.4, -0.2) is 16.9 Å². The van der Waals surface area contributed by atoms with Crippen molar-refractivity contribution in [2.45, 2.75) is 52.0 Å². The van der Waals surface area contributed by atoms with Crippen molar-refractivity contribution in [2.75, 3.05) is 5.32 Å². The Bertz CT molecular complexity index is 713. The number of rotatable bonds is 4. The summed E-state index contributed by atoms with van der Waals surface area (Å²) in [5, 5.41) is 2.97. The van der Waals surface area contributed by atoms with Crippen LogP contribution in [0.25, 0.3) is 11.1 Å². The number of hydrogen-bond donors (Lipinski definition) is 2. The van der Waals surface area contributed by atoms with E-state index in [4.69, 9.17) is 5.73 Å². The van der Waals surface area contributed by atoms with Crippen LogP contribution >= 0.6 is 0 Å². The van der Waals surface area contributed by atoms with E-state index in [1.54, 1.807) is 0 Å². The van der Waals surface area contributed by atoms with Gasteiger partial charge in [-0.15, -0.1) is 0 Å². The molecule has 0 bridgehead atoms. The topological polar surface area (TPSA) is 68.0 Å². The van der Waals surface area contributed by atoms with E-state index in [-0.39, 0.29) is 5.91 Å². The molecule has 0 radical (unpaired) electrons. The Labute approximate surface area is 149 Å². The molecule has 1 saturated carbocycles. The van der Waals surface area contributed by atoms with Gasteiger partial charge < -0.3 is 11.1 Å². The minimum Gasteiger partial charge on any atom is -0.325 e. The zero-order chi connectivity index (χ0) is 17.8. The van der Waals surface area contributed by atoms with E-state index >= 15 is 0 Å². The Kier molecular flexibility index (Phi) is 5.49. The molecule has 4 heteroatoms. The fourth-order valence-corrected chi connectivity index (χ4v) is 3.78. The molecule has 0 aliphatic heterocycles. The van der Waals surface area contributed by atoms with Gasteiger partial charge in [-0.2, -0.15) is 0 Å². The number of pyridine rings is 1. The molecule has 132 valence electrons. The van der Waals surface area contributed by atoms with Crippen LogP contribution in [0, 0.1) is 19.8 Å². The minimum absolute atomic E-state index is 0.0756. The molecule has 2 aromatic rings. The average Bonchev–Trinajstić information content (AvgIpc) is 2.63. The van der Waals surface area contributed by atoms with Gasteiger partial charge in [-0.25, -0.2) is 0 Å². The second-order valence-electron chi connectivity index (χ2n) is 7.08. The highest BCUT2D eigenvalue weighted by molar-refractivity contribution is 5.95. The highest BCUT2D eigenvalue weighted by Gasteiger charge is 2.26. The molecule has 0 saturated heterocycles. The normalized spacial score (nSPS) is 16.4. The van der Waals surface area contributed by atoms with Crippen LogP contribution in [0.2, 0.25) is 0 Å². The van der Waals surface area contributed by atoms with Crippen LogP contribution in [0.3, 0.4) is 0 Å². The maximum absolute atomic E-state index is 12.4. The summed E-state index contributed by atoms with van der Waals surface area (Å²) in [6.45, 7) is 4.10. The minimum atomic E-state index is -0.414. The van der Waals surface area contributed by atoms with Gasteiger partial charge in [-0.1, -0.05) is 31.4 Å². The van der Waals surface area contributed by atoms with Crippen molar-refractivity contribution >= 4 is 11.6 Å². The Morgan fingerprint density at radius 2 is 1.80 bits per heavy atom. The first kappa shape index (κ1) is 17.6. The lowest BCUT2D eigenvalue weighted by atomic mass is 9.84. The number of amides is 1. The monoisotopic (exact) mass is 337 g/mol. The van der Waals surface area contributed by atoms with E-state index in [1.165, 1.54) is 24.8 Å². The van der Waals surface area contributed by atoms with E-state index in [0.717, 1.165) is 35.3 Å². The first-order valence-electron chi connectivity index (χ1n) is 9.15. The van der Waals surface area contributed by atoms with Crippen molar-refractivity contribution in [1.82, 2.24) is 4.98 Å². The van der Waals surface area contributed by atoms with Gasteiger partial charge >= 0.3 is 0 Å². The summed E-state index contributed by atoms with van der Waals surface area (Å²) in [6, 6.07) is 9.53. The third kappa shape index (κ3) is 4.07. The van der Waals surface area contributed by atoms with Crippen molar-refractivity contribution in [1.29, 1.82) is 0 Å². The molecule has 1 atom stereocenters. The summed E-state index contributed by atoms with van der Waals surface area (Å²) < 4.78 is 0. The molecule has 3 rings (SSSR count). The number of nitrogens with zero attached hydrogens (tertiary/aromatic N) is 1. The predicted molar refractivity (Wildman–Crippen MR) is 102 cm³/mol. The summed E-state index contributed by atoms with van der Waals surface area (Å²) in [5.41, 5.74) is 11.4. The SMILES string of the molecule is Cc1ccnc(C)c1-c1ccc(NC(=O)[C@@H](N)C2CCCCC2)cc1. The lowest BCUT2D eigenvalue weighted by molar-refractivity contribution is -0.118. The van der Waals surface area contributed by atoms with Gasteiger partial charge in [0.15, 0.2) is 0 Å². The molecule has 1 fully saturated rings. The van der Waals surface area contributed by atoms with Gasteiger partial charge in [0.05, 0.1) is 6.04 Å².